The van der Waals surface area contributed by atoms with Crippen molar-refractivity contribution in [3.63, 3.8) is 0 Å². The van der Waals surface area contributed by atoms with E-state index in [9.17, 15) is 4.79 Å². The quantitative estimate of drug-likeness (QED) is 0.935. The Morgan fingerprint density at radius 3 is 2.65 bits per heavy atom. The molecule has 0 aliphatic heterocycles. The molecule has 0 fully saturated rings. The second kappa shape index (κ2) is 6.11. The van der Waals surface area contributed by atoms with Crippen LogP contribution in [0.1, 0.15) is 15.9 Å². The number of anilines is 1. The Morgan fingerprint density at radius 2 is 2.00 bits per heavy atom. The van der Waals surface area contributed by atoms with Gasteiger partial charge in [0.05, 0.1) is 10.6 Å². The molecule has 1 heterocycles. The SMILES string of the molecule is CN(Cc1ccccc1Cl)c1nccc(C(=O)O)c1Cl. The molecule has 4 nitrogen and oxygen atoms in total. The average Bonchev–Trinajstić information content (AvgIpc) is 2.41. The number of nitrogens with zero attached hydrogens (tertiary/aromatic N) is 2. The van der Waals surface area contributed by atoms with Crippen LogP contribution in [-0.4, -0.2) is 23.1 Å². The first kappa shape index (κ1) is 14.6. The number of carboxylic acids is 1. The lowest BCUT2D eigenvalue weighted by molar-refractivity contribution is 0.0697. The third-order valence-electron chi connectivity index (χ3n) is 2.83. The molecule has 1 N–H and O–H groups in total. The van der Waals surface area contributed by atoms with Crippen molar-refractivity contribution in [1.29, 1.82) is 0 Å². The van der Waals surface area contributed by atoms with Crippen molar-refractivity contribution < 1.29 is 9.90 Å². The molecule has 0 saturated heterocycles. The Morgan fingerprint density at radius 1 is 1.30 bits per heavy atom. The predicted molar refractivity (Wildman–Crippen MR) is 79.8 cm³/mol. The molecular formula is C14H12Cl2N2O2. The highest BCUT2D eigenvalue weighted by molar-refractivity contribution is 6.35. The fraction of sp³-hybridized carbons (Fsp3) is 0.143. The molecule has 1 aromatic carbocycles. The van der Waals surface area contributed by atoms with E-state index < -0.39 is 5.97 Å². The third-order valence-corrected chi connectivity index (χ3v) is 3.57. The fourth-order valence-corrected chi connectivity index (χ4v) is 2.35. The van der Waals surface area contributed by atoms with E-state index in [1.54, 1.807) is 18.0 Å². The highest BCUT2D eigenvalue weighted by Gasteiger charge is 2.16. The van der Waals surface area contributed by atoms with Crippen LogP contribution in [0.3, 0.4) is 0 Å². The summed E-state index contributed by atoms with van der Waals surface area (Å²) in [5.74, 6) is -0.670. The normalized spacial score (nSPS) is 10.3. The topological polar surface area (TPSA) is 53.4 Å². The zero-order valence-electron chi connectivity index (χ0n) is 10.7. The predicted octanol–water partition coefficient (Wildman–Crippen LogP) is 3.72. The number of carboxylic acid groups (broad SMARTS) is 1. The number of aromatic carboxylic acids is 1. The number of benzene rings is 1. The van der Waals surface area contributed by atoms with E-state index in [-0.39, 0.29) is 10.6 Å². The molecule has 20 heavy (non-hydrogen) atoms. The van der Waals surface area contributed by atoms with Crippen LogP contribution in [0.25, 0.3) is 0 Å². The van der Waals surface area contributed by atoms with Gasteiger partial charge in [-0.25, -0.2) is 9.78 Å². The summed E-state index contributed by atoms with van der Waals surface area (Å²) in [6.07, 6.45) is 1.42. The molecule has 1 aromatic heterocycles. The molecule has 6 heteroatoms. The van der Waals surface area contributed by atoms with E-state index in [0.29, 0.717) is 17.4 Å². The molecule has 2 rings (SSSR count). The van der Waals surface area contributed by atoms with Crippen molar-refractivity contribution in [2.75, 3.05) is 11.9 Å². The lowest BCUT2D eigenvalue weighted by Gasteiger charge is -2.20. The van der Waals surface area contributed by atoms with Crippen molar-refractivity contribution in [3.8, 4) is 0 Å². The molecule has 0 atom stereocenters. The summed E-state index contributed by atoms with van der Waals surface area (Å²) in [5, 5.41) is 9.82. The number of rotatable bonds is 4. The number of hydrogen-bond acceptors (Lipinski definition) is 3. The van der Waals surface area contributed by atoms with E-state index in [4.69, 9.17) is 28.3 Å². The van der Waals surface area contributed by atoms with Crippen LogP contribution in [0.2, 0.25) is 10.0 Å². The van der Waals surface area contributed by atoms with Gasteiger partial charge >= 0.3 is 5.97 Å². The van der Waals surface area contributed by atoms with Gasteiger partial charge in [-0.2, -0.15) is 0 Å². The zero-order chi connectivity index (χ0) is 14.7. The lowest BCUT2D eigenvalue weighted by Crippen LogP contribution is -2.19. The van der Waals surface area contributed by atoms with Gasteiger partial charge in [-0.15, -0.1) is 0 Å². The van der Waals surface area contributed by atoms with Gasteiger partial charge in [0.15, 0.2) is 0 Å². The molecule has 0 aliphatic carbocycles. The number of hydrogen-bond donors (Lipinski definition) is 1. The molecule has 104 valence electrons. The Balaban J connectivity index is 2.30. The summed E-state index contributed by atoms with van der Waals surface area (Å²) in [5.41, 5.74) is 0.943. The molecule has 0 bridgehead atoms. The van der Waals surface area contributed by atoms with Crippen molar-refractivity contribution in [2.45, 2.75) is 6.54 Å². The molecule has 0 saturated carbocycles. The highest BCUT2D eigenvalue weighted by Crippen LogP contribution is 2.28. The van der Waals surface area contributed by atoms with Crippen LogP contribution >= 0.6 is 23.2 Å². The number of halogens is 2. The third kappa shape index (κ3) is 3.03. The largest absolute Gasteiger partial charge is 0.478 e. The first-order valence-corrected chi connectivity index (χ1v) is 6.58. The lowest BCUT2D eigenvalue weighted by atomic mass is 10.2. The van der Waals surface area contributed by atoms with Crippen molar-refractivity contribution >= 4 is 35.0 Å². The van der Waals surface area contributed by atoms with Gasteiger partial charge in [-0.1, -0.05) is 41.4 Å². The maximum absolute atomic E-state index is 11.1. The summed E-state index contributed by atoms with van der Waals surface area (Å²) in [6.45, 7) is 0.482. The zero-order valence-corrected chi connectivity index (χ0v) is 12.2. The van der Waals surface area contributed by atoms with Gasteiger partial charge in [0.2, 0.25) is 0 Å². The smallest absolute Gasteiger partial charge is 0.337 e. The Bertz CT molecular complexity index is 647. The Hall–Kier alpha value is -1.78. The first-order valence-electron chi connectivity index (χ1n) is 5.83. The number of pyridine rings is 1. The van der Waals surface area contributed by atoms with E-state index in [1.807, 2.05) is 18.2 Å². The van der Waals surface area contributed by atoms with E-state index in [0.717, 1.165) is 5.56 Å². The van der Waals surface area contributed by atoms with Crippen LogP contribution < -0.4 is 4.90 Å². The highest BCUT2D eigenvalue weighted by atomic mass is 35.5. The van der Waals surface area contributed by atoms with Crippen LogP contribution in [-0.2, 0) is 6.54 Å². The van der Waals surface area contributed by atoms with Gasteiger partial charge < -0.3 is 10.0 Å². The maximum atomic E-state index is 11.1. The summed E-state index contributed by atoms with van der Waals surface area (Å²) in [4.78, 5) is 17.0. The minimum atomic E-state index is -1.08. The van der Waals surface area contributed by atoms with Crippen molar-refractivity contribution in [2.24, 2.45) is 0 Å². The second-order valence-electron chi connectivity index (χ2n) is 4.25. The summed E-state index contributed by atoms with van der Waals surface area (Å²) >= 11 is 12.2. The fourth-order valence-electron chi connectivity index (χ4n) is 1.82. The van der Waals surface area contributed by atoms with Gasteiger partial charge in [0, 0.05) is 24.8 Å². The van der Waals surface area contributed by atoms with Gasteiger partial charge in [-0.05, 0) is 17.7 Å². The standard InChI is InChI=1S/C14H12Cl2N2O2/c1-18(8-9-4-2-3-5-11(9)15)13-12(16)10(14(19)20)6-7-17-13/h2-7H,8H2,1H3,(H,19,20). The van der Waals surface area contributed by atoms with Crippen LogP contribution in [0.5, 0.6) is 0 Å². The minimum Gasteiger partial charge on any atom is -0.478 e. The Kier molecular flexibility index (Phi) is 4.47. The number of carbonyl (C=O) groups is 1. The van der Waals surface area contributed by atoms with Crippen molar-refractivity contribution in [1.82, 2.24) is 4.98 Å². The maximum Gasteiger partial charge on any atom is 0.337 e. The minimum absolute atomic E-state index is 0.0303. The van der Waals surface area contributed by atoms with Gasteiger partial charge in [-0.3, -0.25) is 0 Å². The Labute approximate surface area is 126 Å². The monoisotopic (exact) mass is 310 g/mol. The van der Waals surface area contributed by atoms with Crippen LogP contribution in [0.15, 0.2) is 36.5 Å². The summed E-state index contributed by atoms with van der Waals surface area (Å²) in [6, 6.07) is 8.80. The van der Waals surface area contributed by atoms with Crippen molar-refractivity contribution in [3.05, 3.63) is 57.7 Å². The molecule has 0 aliphatic rings. The molecular weight excluding hydrogens is 299 g/mol. The van der Waals surface area contributed by atoms with Crippen LogP contribution in [0.4, 0.5) is 5.82 Å². The molecule has 0 spiro atoms. The van der Waals surface area contributed by atoms with E-state index in [1.165, 1.54) is 12.3 Å². The molecule has 0 radical (unpaired) electrons. The van der Waals surface area contributed by atoms with Gasteiger partial charge in [0.1, 0.15) is 5.82 Å². The van der Waals surface area contributed by atoms with Gasteiger partial charge in [0.25, 0.3) is 0 Å². The van der Waals surface area contributed by atoms with E-state index >= 15 is 0 Å². The number of aromatic nitrogens is 1. The second-order valence-corrected chi connectivity index (χ2v) is 5.03. The summed E-state index contributed by atoms with van der Waals surface area (Å²) < 4.78 is 0. The molecule has 0 amide bonds. The summed E-state index contributed by atoms with van der Waals surface area (Å²) in [7, 11) is 1.78. The van der Waals surface area contributed by atoms with E-state index in [2.05, 4.69) is 4.98 Å². The molecule has 0 unspecified atom stereocenters. The molecule has 2 aromatic rings. The van der Waals surface area contributed by atoms with Crippen LogP contribution in [0, 0.1) is 0 Å². The average molecular weight is 311 g/mol. The first-order chi connectivity index (χ1) is 9.50.